The van der Waals surface area contributed by atoms with Gasteiger partial charge in [0.1, 0.15) is 11.6 Å². The first kappa shape index (κ1) is 13.9. The molecule has 0 aliphatic rings. The van der Waals surface area contributed by atoms with Crippen LogP contribution in [0.4, 0.5) is 32.3 Å². The summed E-state index contributed by atoms with van der Waals surface area (Å²) in [7, 11) is 3.47. The molecule has 0 spiro atoms. The number of nitrogens with two attached hydrogens (primary N) is 1. The number of hydrazine groups is 1. The molecule has 0 fully saturated rings. The smallest absolute Gasteiger partial charge is 0.243 e. The van der Waals surface area contributed by atoms with E-state index in [0.29, 0.717) is 5.95 Å². The van der Waals surface area contributed by atoms with E-state index < -0.39 is 11.6 Å². The number of anilines is 4. The van der Waals surface area contributed by atoms with Gasteiger partial charge in [0.05, 0.1) is 0 Å². The first-order valence-corrected chi connectivity index (χ1v) is 5.61. The highest BCUT2D eigenvalue weighted by atomic mass is 19.1. The van der Waals surface area contributed by atoms with Crippen LogP contribution in [0.1, 0.15) is 0 Å². The van der Waals surface area contributed by atoms with Crippen LogP contribution >= 0.6 is 0 Å². The third-order valence-electron chi connectivity index (χ3n) is 2.27. The number of nitrogens with zero attached hydrogens (tertiary/aromatic N) is 4. The van der Waals surface area contributed by atoms with Crippen molar-refractivity contribution < 1.29 is 8.78 Å². The Labute approximate surface area is 113 Å². The standard InChI is InChI=1S/C11H13F2N7/c1-20(2)11-17-9(16-10(18-11)19-14)15-8-4-6(12)3-7(13)5-8/h3-5H,14H2,1-2H3,(H2,15,16,17,18,19). The zero-order valence-electron chi connectivity index (χ0n) is 10.9. The van der Waals surface area contributed by atoms with Crippen molar-refractivity contribution in [3.05, 3.63) is 29.8 Å². The van der Waals surface area contributed by atoms with Gasteiger partial charge in [-0.3, -0.25) is 5.43 Å². The molecule has 0 amide bonds. The Hall–Kier alpha value is -2.55. The number of nitrogen functional groups attached to an aromatic ring is 1. The van der Waals surface area contributed by atoms with Gasteiger partial charge < -0.3 is 10.2 Å². The fraction of sp³-hybridized carbons (Fsp3) is 0.182. The molecular formula is C11H13F2N7. The highest BCUT2D eigenvalue weighted by Gasteiger charge is 2.09. The Bertz CT molecular complexity index is 597. The summed E-state index contributed by atoms with van der Waals surface area (Å²) in [4.78, 5) is 13.7. The Kier molecular flexibility index (Phi) is 3.89. The van der Waals surface area contributed by atoms with Gasteiger partial charge in [0.25, 0.3) is 0 Å². The normalized spacial score (nSPS) is 10.2. The second-order valence-corrected chi connectivity index (χ2v) is 4.10. The number of rotatable bonds is 4. The summed E-state index contributed by atoms with van der Waals surface area (Å²) in [5, 5.41) is 2.69. The predicted molar refractivity (Wildman–Crippen MR) is 71.6 cm³/mol. The molecule has 0 atom stereocenters. The van der Waals surface area contributed by atoms with Gasteiger partial charge in [-0.15, -0.1) is 0 Å². The molecule has 9 heteroatoms. The van der Waals surface area contributed by atoms with E-state index in [0.717, 1.165) is 18.2 Å². The first-order chi connectivity index (χ1) is 9.47. The number of benzene rings is 1. The highest BCUT2D eigenvalue weighted by Crippen LogP contribution is 2.18. The van der Waals surface area contributed by atoms with Crippen LogP contribution in [0.3, 0.4) is 0 Å². The van der Waals surface area contributed by atoms with Crippen molar-refractivity contribution >= 4 is 23.5 Å². The molecule has 2 rings (SSSR count). The zero-order chi connectivity index (χ0) is 14.7. The van der Waals surface area contributed by atoms with Crippen LogP contribution in [0.5, 0.6) is 0 Å². The van der Waals surface area contributed by atoms with Crippen LogP contribution in [0.25, 0.3) is 0 Å². The van der Waals surface area contributed by atoms with Crippen LogP contribution in [0.15, 0.2) is 18.2 Å². The fourth-order valence-electron chi connectivity index (χ4n) is 1.44. The zero-order valence-corrected chi connectivity index (χ0v) is 10.9. The van der Waals surface area contributed by atoms with Crippen LogP contribution in [-0.2, 0) is 0 Å². The summed E-state index contributed by atoms with van der Waals surface area (Å²) in [5.41, 5.74) is 2.48. The van der Waals surface area contributed by atoms with Gasteiger partial charge in [0.15, 0.2) is 0 Å². The maximum Gasteiger partial charge on any atom is 0.243 e. The quantitative estimate of drug-likeness (QED) is 0.573. The van der Waals surface area contributed by atoms with Gasteiger partial charge in [-0.05, 0) is 12.1 Å². The molecule has 0 saturated carbocycles. The minimum atomic E-state index is -0.702. The second-order valence-electron chi connectivity index (χ2n) is 4.10. The monoisotopic (exact) mass is 281 g/mol. The number of hydrogen-bond acceptors (Lipinski definition) is 7. The lowest BCUT2D eigenvalue weighted by atomic mass is 10.3. The SMILES string of the molecule is CN(C)c1nc(NN)nc(Nc2cc(F)cc(F)c2)n1. The lowest BCUT2D eigenvalue weighted by Gasteiger charge is -2.13. The van der Waals surface area contributed by atoms with E-state index in [1.807, 2.05) is 0 Å². The molecule has 0 aliphatic carbocycles. The average molecular weight is 281 g/mol. The topological polar surface area (TPSA) is 92.0 Å². The van der Waals surface area contributed by atoms with E-state index in [9.17, 15) is 8.78 Å². The molecule has 20 heavy (non-hydrogen) atoms. The fourth-order valence-corrected chi connectivity index (χ4v) is 1.44. The Balaban J connectivity index is 2.34. The summed E-state index contributed by atoms with van der Waals surface area (Å²) >= 11 is 0. The first-order valence-electron chi connectivity index (χ1n) is 5.61. The van der Waals surface area contributed by atoms with Gasteiger partial charge >= 0.3 is 0 Å². The van der Waals surface area contributed by atoms with Crippen molar-refractivity contribution in [2.75, 3.05) is 29.7 Å². The molecular weight excluding hydrogens is 268 g/mol. The Morgan fingerprint density at radius 3 is 2.15 bits per heavy atom. The van der Waals surface area contributed by atoms with Gasteiger partial charge in [0.2, 0.25) is 17.8 Å². The molecule has 106 valence electrons. The van der Waals surface area contributed by atoms with E-state index in [-0.39, 0.29) is 17.6 Å². The van der Waals surface area contributed by atoms with E-state index >= 15 is 0 Å². The molecule has 1 heterocycles. The van der Waals surface area contributed by atoms with Crippen LogP contribution in [-0.4, -0.2) is 29.0 Å². The van der Waals surface area contributed by atoms with E-state index in [2.05, 4.69) is 25.7 Å². The van der Waals surface area contributed by atoms with E-state index in [4.69, 9.17) is 5.84 Å². The number of aromatic nitrogens is 3. The van der Waals surface area contributed by atoms with E-state index in [1.54, 1.807) is 19.0 Å². The third kappa shape index (κ3) is 3.26. The summed E-state index contributed by atoms with van der Waals surface area (Å²) in [5.74, 6) is 4.44. The molecule has 7 nitrogen and oxygen atoms in total. The van der Waals surface area contributed by atoms with Crippen molar-refractivity contribution in [2.45, 2.75) is 0 Å². The largest absolute Gasteiger partial charge is 0.347 e. The molecule has 2 aromatic rings. The van der Waals surface area contributed by atoms with Gasteiger partial charge in [-0.2, -0.15) is 15.0 Å². The minimum absolute atomic E-state index is 0.113. The van der Waals surface area contributed by atoms with Gasteiger partial charge in [-0.25, -0.2) is 14.6 Å². The van der Waals surface area contributed by atoms with Crippen molar-refractivity contribution in [2.24, 2.45) is 5.84 Å². The molecule has 0 radical (unpaired) electrons. The average Bonchev–Trinajstić information content (AvgIpc) is 2.36. The second kappa shape index (κ2) is 5.61. The molecule has 0 bridgehead atoms. The summed E-state index contributed by atoms with van der Waals surface area (Å²) in [6.45, 7) is 0. The number of nitrogens with one attached hydrogen (secondary N) is 2. The third-order valence-corrected chi connectivity index (χ3v) is 2.27. The highest BCUT2D eigenvalue weighted by molar-refractivity contribution is 5.55. The van der Waals surface area contributed by atoms with Crippen molar-refractivity contribution in [1.82, 2.24) is 15.0 Å². The lowest BCUT2D eigenvalue weighted by molar-refractivity contribution is 0.584. The maximum atomic E-state index is 13.1. The van der Waals surface area contributed by atoms with Crippen LogP contribution in [0, 0.1) is 11.6 Å². The van der Waals surface area contributed by atoms with Crippen LogP contribution in [0.2, 0.25) is 0 Å². The van der Waals surface area contributed by atoms with Gasteiger partial charge in [-0.1, -0.05) is 0 Å². The Morgan fingerprint density at radius 1 is 1.00 bits per heavy atom. The molecule has 0 aliphatic heterocycles. The molecule has 4 N–H and O–H groups in total. The molecule has 0 saturated heterocycles. The van der Waals surface area contributed by atoms with Crippen molar-refractivity contribution in [1.29, 1.82) is 0 Å². The van der Waals surface area contributed by atoms with Crippen LogP contribution < -0.4 is 21.5 Å². The predicted octanol–water partition coefficient (Wildman–Crippen LogP) is 1.24. The van der Waals surface area contributed by atoms with Crippen molar-refractivity contribution in [3.8, 4) is 0 Å². The summed E-state index contributed by atoms with van der Waals surface area (Å²) in [6.07, 6.45) is 0. The molecule has 1 aromatic carbocycles. The summed E-state index contributed by atoms with van der Waals surface area (Å²) < 4.78 is 26.2. The number of hydrogen-bond donors (Lipinski definition) is 3. The lowest BCUT2D eigenvalue weighted by Crippen LogP contribution is -2.18. The van der Waals surface area contributed by atoms with E-state index in [1.165, 1.54) is 0 Å². The molecule has 1 aromatic heterocycles. The molecule has 0 unspecified atom stereocenters. The minimum Gasteiger partial charge on any atom is -0.347 e. The number of halogens is 2. The Morgan fingerprint density at radius 2 is 1.60 bits per heavy atom. The van der Waals surface area contributed by atoms with Gasteiger partial charge in [0, 0.05) is 25.8 Å². The summed E-state index contributed by atoms with van der Waals surface area (Å²) in [6, 6.07) is 3.02. The maximum absolute atomic E-state index is 13.1. The van der Waals surface area contributed by atoms with Crippen molar-refractivity contribution in [3.63, 3.8) is 0 Å².